The first-order chi connectivity index (χ1) is 9.74. The van der Waals surface area contributed by atoms with E-state index in [0.717, 1.165) is 5.56 Å². The standard InChI is InChI=1S/C14H12N4OS/c1-10-4-2-5-11(8-10)9-15-18-13(16-17-14(18)20)12-6-3-7-19-12/h2-9H,1H3,(H,17,20). The van der Waals surface area contributed by atoms with Crippen LogP contribution in [0.5, 0.6) is 0 Å². The molecule has 0 spiro atoms. The van der Waals surface area contributed by atoms with Crippen LogP contribution in [0.2, 0.25) is 0 Å². The van der Waals surface area contributed by atoms with Crippen LogP contribution in [0, 0.1) is 11.7 Å². The largest absolute Gasteiger partial charge is 0.461 e. The van der Waals surface area contributed by atoms with Gasteiger partial charge in [0.15, 0.2) is 5.76 Å². The first kappa shape index (κ1) is 12.6. The Morgan fingerprint density at radius 3 is 3.00 bits per heavy atom. The van der Waals surface area contributed by atoms with Crippen LogP contribution >= 0.6 is 12.2 Å². The van der Waals surface area contributed by atoms with E-state index in [-0.39, 0.29) is 0 Å². The van der Waals surface area contributed by atoms with Gasteiger partial charge in [0.1, 0.15) is 0 Å². The Morgan fingerprint density at radius 1 is 1.35 bits per heavy atom. The van der Waals surface area contributed by atoms with Crippen molar-refractivity contribution in [2.45, 2.75) is 6.92 Å². The van der Waals surface area contributed by atoms with E-state index in [9.17, 15) is 0 Å². The minimum atomic E-state index is 0.417. The molecule has 0 bridgehead atoms. The molecule has 2 aromatic heterocycles. The van der Waals surface area contributed by atoms with Crippen molar-refractivity contribution in [3.8, 4) is 11.6 Å². The van der Waals surface area contributed by atoms with Crippen LogP contribution in [0.1, 0.15) is 11.1 Å². The lowest BCUT2D eigenvalue weighted by molar-refractivity contribution is 0.573. The lowest BCUT2D eigenvalue weighted by Crippen LogP contribution is -1.94. The average Bonchev–Trinajstić information content (AvgIpc) is 3.06. The van der Waals surface area contributed by atoms with Crippen LogP contribution < -0.4 is 0 Å². The summed E-state index contributed by atoms with van der Waals surface area (Å²) in [4.78, 5) is 0. The minimum Gasteiger partial charge on any atom is -0.461 e. The van der Waals surface area contributed by atoms with Crippen molar-refractivity contribution in [2.75, 3.05) is 0 Å². The number of benzene rings is 1. The van der Waals surface area contributed by atoms with Gasteiger partial charge in [0.25, 0.3) is 0 Å². The highest BCUT2D eigenvalue weighted by Crippen LogP contribution is 2.17. The number of aromatic nitrogens is 3. The van der Waals surface area contributed by atoms with E-state index in [1.807, 2.05) is 37.3 Å². The van der Waals surface area contributed by atoms with Crippen molar-refractivity contribution < 1.29 is 4.42 Å². The average molecular weight is 284 g/mol. The van der Waals surface area contributed by atoms with Crippen LogP contribution in [-0.4, -0.2) is 21.1 Å². The van der Waals surface area contributed by atoms with Gasteiger partial charge < -0.3 is 4.42 Å². The Balaban J connectivity index is 1.99. The Labute approximate surface area is 120 Å². The van der Waals surface area contributed by atoms with Crippen molar-refractivity contribution >= 4 is 18.4 Å². The molecule has 0 aliphatic rings. The molecule has 20 heavy (non-hydrogen) atoms. The first-order valence-corrected chi connectivity index (χ1v) is 6.47. The second kappa shape index (κ2) is 5.26. The molecule has 1 aromatic carbocycles. The molecular formula is C14H12N4OS. The van der Waals surface area contributed by atoms with Crippen LogP contribution in [0.25, 0.3) is 11.6 Å². The third-order valence-electron chi connectivity index (χ3n) is 2.76. The molecule has 0 saturated heterocycles. The quantitative estimate of drug-likeness (QED) is 0.592. The lowest BCUT2D eigenvalue weighted by Gasteiger charge is -1.98. The summed E-state index contributed by atoms with van der Waals surface area (Å²) in [6.07, 6.45) is 3.33. The van der Waals surface area contributed by atoms with E-state index in [1.165, 1.54) is 10.2 Å². The monoisotopic (exact) mass is 284 g/mol. The molecule has 3 aromatic rings. The van der Waals surface area contributed by atoms with E-state index in [4.69, 9.17) is 16.6 Å². The molecule has 5 nitrogen and oxygen atoms in total. The Morgan fingerprint density at radius 2 is 2.25 bits per heavy atom. The molecule has 0 saturated carbocycles. The maximum absolute atomic E-state index is 5.32. The topological polar surface area (TPSA) is 59.1 Å². The molecule has 0 unspecified atom stereocenters. The van der Waals surface area contributed by atoms with Gasteiger partial charge in [-0.1, -0.05) is 29.8 Å². The van der Waals surface area contributed by atoms with Gasteiger partial charge in [0.2, 0.25) is 10.6 Å². The number of nitrogens with one attached hydrogen (secondary N) is 1. The number of rotatable bonds is 3. The zero-order chi connectivity index (χ0) is 13.9. The van der Waals surface area contributed by atoms with E-state index in [1.54, 1.807) is 18.5 Å². The Kier molecular flexibility index (Phi) is 3.30. The van der Waals surface area contributed by atoms with Crippen molar-refractivity contribution in [1.82, 2.24) is 14.9 Å². The number of hydrogen-bond acceptors (Lipinski definition) is 4. The number of furan rings is 1. The predicted octanol–water partition coefficient (Wildman–Crippen LogP) is 3.39. The fourth-order valence-electron chi connectivity index (χ4n) is 1.84. The number of aromatic amines is 1. The van der Waals surface area contributed by atoms with Gasteiger partial charge in [0.05, 0.1) is 12.5 Å². The second-order valence-corrected chi connectivity index (χ2v) is 4.69. The maximum atomic E-state index is 5.32. The smallest absolute Gasteiger partial charge is 0.219 e. The van der Waals surface area contributed by atoms with Crippen LogP contribution in [0.15, 0.2) is 52.2 Å². The van der Waals surface area contributed by atoms with Crippen molar-refractivity contribution in [3.63, 3.8) is 0 Å². The van der Waals surface area contributed by atoms with Gasteiger partial charge in [0, 0.05) is 0 Å². The van der Waals surface area contributed by atoms with Gasteiger partial charge in [-0.2, -0.15) is 9.78 Å². The molecule has 2 heterocycles. The summed E-state index contributed by atoms with van der Waals surface area (Å²) in [5.41, 5.74) is 2.18. The van der Waals surface area contributed by atoms with E-state index < -0.39 is 0 Å². The summed E-state index contributed by atoms with van der Waals surface area (Å²) in [5.74, 6) is 1.16. The van der Waals surface area contributed by atoms with Crippen LogP contribution in [0.4, 0.5) is 0 Å². The first-order valence-electron chi connectivity index (χ1n) is 6.06. The van der Waals surface area contributed by atoms with E-state index >= 15 is 0 Å². The van der Waals surface area contributed by atoms with Crippen molar-refractivity contribution in [1.29, 1.82) is 0 Å². The summed E-state index contributed by atoms with van der Waals surface area (Å²) in [5, 5.41) is 11.2. The van der Waals surface area contributed by atoms with Gasteiger partial charge in [-0.05, 0) is 36.8 Å². The summed E-state index contributed by atoms with van der Waals surface area (Å²) in [7, 11) is 0. The Hall–Kier alpha value is -2.47. The number of H-pyrrole nitrogens is 1. The number of nitrogens with zero attached hydrogens (tertiary/aromatic N) is 3. The molecule has 3 rings (SSSR count). The van der Waals surface area contributed by atoms with Gasteiger partial charge in [-0.3, -0.25) is 0 Å². The normalized spacial score (nSPS) is 11.2. The SMILES string of the molecule is Cc1cccc(C=Nn2c(-c3ccco3)n[nH]c2=S)c1. The fourth-order valence-corrected chi connectivity index (χ4v) is 2.02. The van der Waals surface area contributed by atoms with E-state index in [2.05, 4.69) is 15.3 Å². The molecule has 0 atom stereocenters. The van der Waals surface area contributed by atoms with E-state index in [0.29, 0.717) is 16.4 Å². The highest BCUT2D eigenvalue weighted by Gasteiger charge is 2.10. The summed E-state index contributed by atoms with van der Waals surface area (Å²) in [6.45, 7) is 2.04. The number of hydrogen-bond donors (Lipinski definition) is 1. The molecule has 1 N–H and O–H groups in total. The molecule has 0 amide bonds. The maximum Gasteiger partial charge on any atom is 0.219 e. The summed E-state index contributed by atoms with van der Waals surface area (Å²) < 4.78 is 7.28. The molecule has 100 valence electrons. The van der Waals surface area contributed by atoms with Gasteiger partial charge in [-0.15, -0.1) is 5.10 Å². The highest BCUT2D eigenvalue weighted by atomic mass is 32.1. The highest BCUT2D eigenvalue weighted by molar-refractivity contribution is 7.71. The minimum absolute atomic E-state index is 0.417. The molecule has 6 heteroatoms. The third-order valence-corrected chi connectivity index (χ3v) is 3.02. The summed E-state index contributed by atoms with van der Waals surface area (Å²) in [6, 6.07) is 11.6. The number of aryl methyl sites for hydroxylation is 1. The zero-order valence-electron chi connectivity index (χ0n) is 10.8. The predicted molar refractivity (Wildman–Crippen MR) is 79.3 cm³/mol. The molecule has 0 aliphatic carbocycles. The second-order valence-electron chi connectivity index (χ2n) is 4.30. The van der Waals surface area contributed by atoms with Crippen molar-refractivity contribution in [2.24, 2.45) is 5.10 Å². The zero-order valence-corrected chi connectivity index (χ0v) is 11.6. The molecular weight excluding hydrogens is 272 g/mol. The van der Waals surface area contributed by atoms with Gasteiger partial charge in [-0.25, -0.2) is 5.10 Å². The molecule has 0 fully saturated rings. The van der Waals surface area contributed by atoms with Crippen molar-refractivity contribution in [3.05, 3.63) is 58.6 Å². The van der Waals surface area contributed by atoms with Gasteiger partial charge >= 0.3 is 0 Å². The van der Waals surface area contributed by atoms with Crippen LogP contribution in [-0.2, 0) is 0 Å². The Bertz CT molecular complexity index is 799. The third kappa shape index (κ3) is 2.46. The summed E-state index contributed by atoms with van der Waals surface area (Å²) >= 11 is 5.18. The fraction of sp³-hybridized carbons (Fsp3) is 0.0714. The molecule has 0 aliphatic heterocycles. The van der Waals surface area contributed by atoms with Crippen LogP contribution in [0.3, 0.4) is 0 Å². The molecule has 0 radical (unpaired) electrons. The lowest BCUT2D eigenvalue weighted by atomic mass is 10.2.